The molecule has 3 aromatic carbocycles. The van der Waals surface area contributed by atoms with Crippen LogP contribution in [0.5, 0.6) is 11.5 Å². The molecule has 12 heteroatoms. The van der Waals surface area contributed by atoms with Crippen molar-refractivity contribution in [3.8, 4) is 17.2 Å². The second kappa shape index (κ2) is 13.7. The third-order valence-electron chi connectivity index (χ3n) is 6.56. The largest absolute Gasteiger partial charge is 0.486 e. The molecule has 0 spiro atoms. The second-order valence-electron chi connectivity index (χ2n) is 9.71. The number of carbonyl (C=O) groups excluding carboxylic acids is 1. The van der Waals surface area contributed by atoms with E-state index < -0.39 is 10.8 Å². The third-order valence-corrected chi connectivity index (χ3v) is 7.54. The van der Waals surface area contributed by atoms with Gasteiger partial charge in [0.15, 0.2) is 5.76 Å². The van der Waals surface area contributed by atoms with Crippen molar-refractivity contribution in [2.75, 3.05) is 0 Å². The van der Waals surface area contributed by atoms with Crippen LogP contribution >= 0.6 is 31.9 Å². The summed E-state index contributed by atoms with van der Waals surface area (Å²) in [7, 11) is 0. The first-order valence-corrected chi connectivity index (χ1v) is 14.9. The number of hydrazone groups is 1. The number of nitro benzene ring substituents is 1. The van der Waals surface area contributed by atoms with Gasteiger partial charge in [-0.1, -0.05) is 44.0 Å². The van der Waals surface area contributed by atoms with Gasteiger partial charge in [0, 0.05) is 37.7 Å². The highest BCUT2D eigenvalue weighted by molar-refractivity contribution is 9.10. The Kier molecular flexibility index (Phi) is 9.61. The minimum Gasteiger partial charge on any atom is -0.486 e. The van der Waals surface area contributed by atoms with E-state index in [0.717, 1.165) is 27.1 Å². The van der Waals surface area contributed by atoms with Crippen LogP contribution in [-0.4, -0.2) is 21.6 Å². The van der Waals surface area contributed by atoms with Gasteiger partial charge in [-0.25, -0.2) is 5.43 Å². The molecular weight excluding hydrogens is 696 g/mol. The summed E-state index contributed by atoms with van der Waals surface area (Å²) in [6.45, 7) is 4.33. The van der Waals surface area contributed by atoms with Crippen molar-refractivity contribution < 1.29 is 23.6 Å². The lowest BCUT2D eigenvalue weighted by Gasteiger charge is -2.11. The fourth-order valence-corrected chi connectivity index (χ4v) is 5.17. The van der Waals surface area contributed by atoms with Gasteiger partial charge in [0.25, 0.3) is 0 Å². The van der Waals surface area contributed by atoms with Crippen LogP contribution in [0.15, 0.2) is 103 Å². The van der Waals surface area contributed by atoms with Gasteiger partial charge in [0.1, 0.15) is 24.7 Å². The SMILES string of the molecule is Cc1ccc(C)n1-c1ccc(OCc2ccc(C(=O)N/N=C/c3cc(Br)cc([N+](=O)[O-])c3OCc3ccc(Br)cc3)o2)cc1. The maximum atomic E-state index is 12.7. The molecule has 1 amide bonds. The lowest BCUT2D eigenvalue weighted by Crippen LogP contribution is -2.17. The lowest BCUT2D eigenvalue weighted by molar-refractivity contribution is -0.386. The predicted octanol–water partition coefficient (Wildman–Crippen LogP) is 8.04. The number of carbonyl (C=O) groups is 1. The first-order chi connectivity index (χ1) is 21.2. The van der Waals surface area contributed by atoms with Crippen molar-refractivity contribution in [3.63, 3.8) is 0 Å². The summed E-state index contributed by atoms with van der Waals surface area (Å²) in [6.07, 6.45) is 1.28. The van der Waals surface area contributed by atoms with Crippen molar-refractivity contribution in [3.05, 3.63) is 138 Å². The van der Waals surface area contributed by atoms with E-state index in [0.29, 0.717) is 21.5 Å². The molecule has 0 saturated heterocycles. The number of furan rings is 1. The van der Waals surface area contributed by atoms with E-state index in [2.05, 4.69) is 72.9 Å². The average Bonchev–Trinajstić information content (AvgIpc) is 3.62. The maximum Gasteiger partial charge on any atom is 0.312 e. The normalized spacial score (nSPS) is 11.1. The Morgan fingerprint density at radius 3 is 2.32 bits per heavy atom. The van der Waals surface area contributed by atoms with Gasteiger partial charge in [-0.2, -0.15) is 5.10 Å². The van der Waals surface area contributed by atoms with Crippen LogP contribution < -0.4 is 14.9 Å². The molecule has 0 atom stereocenters. The Bertz CT molecular complexity index is 1810. The number of amides is 1. The number of halogens is 2. The number of nitrogens with one attached hydrogen (secondary N) is 1. The highest BCUT2D eigenvalue weighted by Gasteiger charge is 2.21. The van der Waals surface area contributed by atoms with Gasteiger partial charge < -0.3 is 18.5 Å². The summed E-state index contributed by atoms with van der Waals surface area (Å²) in [5.41, 5.74) is 6.58. The van der Waals surface area contributed by atoms with Crippen LogP contribution in [0, 0.1) is 24.0 Å². The molecule has 5 rings (SSSR count). The molecule has 0 aliphatic rings. The Labute approximate surface area is 269 Å². The minimum atomic E-state index is -0.601. The lowest BCUT2D eigenvalue weighted by atomic mass is 10.2. The number of aryl methyl sites for hydroxylation is 2. The van der Waals surface area contributed by atoms with Gasteiger partial charge in [0.05, 0.1) is 11.1 Å². The van der Waals surface area contributed by atoms with Crippen LogP contribution in [0.4, 0.5) is 5.69 Å². The van der Waals surface area contributed by atoms with E-state index in [1.165, 1.54) is 18.3 Å². The third kappa shape index (κ3) is 7.44. The Morgan fingerprint density at radius 1 is 0.932 bits per heavy atom. The summed E-state index contributed by atoms with van der Waals surface area (Å²) in [4.78, 5) is 23.9. The molecule has 0 bridgehead atoms. The zero-order chi connectivity index (χ0) is 31.2. The molecule has 0 unspecified atom stereocenters. The molecule has 10 nitrogen and oxygen atoms in total. The van der Waals surface area contributed by atoms with E-state index in [9.17, 15) is 14.9 Å². The first-order valence-electron chi connectivity index (χ1n) is 13.3. The predicted molar refractivity (Wildman–Crippen MR) is 173 cm³/mol. The van der Waals surface area contributed by atoms with Gasteiger partial charge in [-0.3, -0.25) is 14.9 Å². The molecule has 2 heterocycles. The molecular formula is C32H26Br2N4O6. The molecule has 224 valence electrons. The molecule has 5 aromatic rings. The molecule has 1 N–H and O–H groups in total. The minimum absolute atomic E-state index is 0.0169. The van der Waals surface area contributed by atoms with Crippen LogP contribution in [0.1, 0.15) is 38.8 Å². The number of benzene rings is 3. The molecule has 0 saturated carbocycles. The number of hydrogen-bond donors (Lipinski definition) is 1. The molecule has 0 aliphatic heterocycles. The highest BCUT2D eigenvalue weighted by atomic mass is 79.9. The number of rotatable bonds is 11. The van der Waals surface area contributed by atoms with E-state index in [1.807, 2.05) is 48.5 Å². The van der Waals surface area contributed by atoms with Gasteiger partial charge in [-0.15, -0.1) is 0 Å². The summed E-state index contributed by atoms with van der Waals surface area (Å²) in [5, 5.41) is 15.7. The number of nitro groups is 1. The van der Waals surface area contributed by atoms with Crippen LogP contribution in [0.25, 0.3) is 5.69 Å². The Hall–Kier alpha value is -4.68. The van der Waals surface area contributed by atoms with Gasteiger partial charge >= 0.3 is 11.6 Å². The molecule has 44 heavy (non-hydrogen) atoms. The number of ether oxygens (including phenoxy) is 2. The number of nitrogens with zero attached hydrogens (tertiary/aromatic N) is 3. The number of hydrogen-bond acceptors (Lipinski definition) is 7. The monoisotopic (exact) mass is 720 g/mol. The summed E-state index contributed by atoms with van der Waals surface area (Å²) < 4.78 is 20.8. The van der Waals surface area contributed by atoms with Crippen molar-refractivity contribution in [1.29, 1.82) is 0 Å². The van der Waals surface area contributed by atoms with Crippen molar-refractivity contribution in [1.82, 2.24) is 9.99 Å². The highest BCUT2D eigenvalue weighted by Crippen LogP contribution is 2.34. The molecule has 0 aliphatic carbocycles. The first kappa shape index (κ1) is 30.8. The summed E-state index contributed by atoms with van der Waals surface area (Å²) in [6, 6.07) is 25.3. The standard InChI is InChI=1S/C32H26Br2N4O6/c1-20-3-4-21(2)37(20)26-9-11-27(12-10-26)42-19-28-13-14-30(44-28)32(39)36-35-17-23-15-25(34)16-29(38(40)41)31(23)43-18-22-5-7-24(33)8-6-22/h3-17H,18-19H2,1-2H3,(H,36,39)/b35-17+. The van der Waals surface area contributed by atoms with Crippen LogP contribution in [0.2, 0.25) is 0 Å². The fraction of sp³-hybridized carbons (Fsp3) is 0.125. The van der Waals surface area contributed by atoms with Crippen molar-refractivity contribution in [2.24, 2.45) is 5.10 Å². The Balaban J connectivity index is 1.21. The average molecular weight is 722 g/mol. The van der Waals surface area contributed by atoms with E-state index in [4.69, 9.17) is 13.9 Å². The second-order valence-corrected chi connectivity index (χ2v) is 11.5. The van der Waals surface area contributed by atoms with E-state index in [1.54, 1.807) is 12.1 Å². The molecule has 0 radical (unpaired) electrons. The van der Waals surface area contributed by atoms with E-state index in [-0.39, 0.29) is 30.4 Å². The maximum absolute atomic E-state index is 12.7. The Morgan fingerprint density at radius 2 is 1.64 bits per heavy atom. The van der Waals surface area contributed by atoms with Gasteiger partial charge in [-0.05, 0) is 86.1 Å². The van der Waals surface area contributed by atoms with Crippen molar-refractivity contribution >= 4 is 49.7 Å². The summed E-state index contributed by atoms with van der Waals surface area (Å²) in [5.74, 6) is 0.553. The quantitative estimate of drug-likeness (QED) is 0.0837. The van der Waals surface area contributed by atoms with E-state index >= 15 is 0 Å². The molecule has 0 fully saturated rings. The van der Waals surface area contributed by atoms with Crippen LogP contribution in [-0.2, 0) is 13.2 Å². The van der Waals surface area contributed by atoms with Gasteiger partial charge in [0.2, 0.25) is 5.75 Å². The summed E-state index contributed by atoms with van der Waals surface area (Å²) >= 11 is 6.67. The molecule has 2 aromatic heterocycles. The van der Waals surface area contributed by atoms with Crippen LogP contribution in [0.3, 0.4) is 0 Å². The zero-order valence-corrected chi connectivity index (χ0v) is 26.8. The topological polar surface area (TPSA) is 121 Å². The zero-order valence-electron chi connectivity index (χ0n) is 23.6. The number of aromatic nitrogens is 1. The smallest absolute Gasteiger partial charge is 0.312 e. The fourth-order valence-electron chi connectivity index (χ4n) is 4.44. The van der Waals surface area contributed by atoms with Crippen molar-refractivity contribution in [2.45, 2.75) is 27.1 Å².